The van der Waals surface area contributed by atoms with Gasteiger partial charge in [-0.2, -0.15) is 16.8 Å². The number of aromatic hydroxyl groups is 2. The van der Waals surface area contributed by atoms with Gasteiger partial charge in [0, 0.05) is 12.1 Å². The maximum absolute atomic E-state index is 12.9. The Morgan fingerprint density at radius 2 is 0.939 bits per heavy atom. The summed E-state index contributed by atoms with van der Waals surface area (Å²) >= 11 is 0. The van der Waals surface area contributed by atoms with Crippen molar-refractivity contribution in [1.82, 2.24) is 0 Å². The zero-order valence-electron chi connectivity index (χ0n) is 15.7. The van der Waals surface area contributed by atoms with Crippen LogP contribution in [0, 0.1) is 20.2 Å². The summed E-state index contributed by atoms with van der Waals surface area (Å²) in [5, 5.41) is 43.1. The number of phenolic OH excluding ortho intramolecular Hbond substituents is 2. The number of carbonyl (C=O) groups excluding carboxylic acids is 2. The van der Waals surface area contributed by atoms with Crippen LogP contribution in [0.5, 0.6) is 11.5 Å². The molecule has 0 aliphatic heterocycles. The van der Waals surface area contributed by atoms with Gasteiger partial charge in [-0.25, -0.2) is 0 Å². The van der Waals surface area contributed by atoms with E-state index >= 15 is 0 Å². The Labute approximate surface area is 203 Å². The first-order chi connectivity index (χ1) is 14.5. The third-order valence-corrected chi connectivity index (χ3v) is 6.08. The topological polar surface area (TPSA) is 270 Å². The van der Waals surface area contributed by atoms with E-state index in [0.717, 1.165) is 0 Å². The smallest absolute Gasteiger partial charge is 0.506 e. The number of hydrogen-bond donors (Lipinski definition) is 4. The number of phenols is 2. The molecule has 0 spiro atoms. The SMILES string of the molecule is O=C1c2c([N+](=O)[O-])cc(S(=O)(=O)O)c(O)c2C(=O)c2c([N+](=O)[O-])cc(S(=O)(=O)O)c(O)c21.[Na+]. The van der Waals surface area contributed by atoms with Crippen LogP contribution in [0.1, 0.15) is 31.8 Å². The molecule has 2 aromatic rings. The van der Waals surface area contributed by atoms with Crippen LogP contribution in [0.4, 0.5) is 11.4 Å². The first kappa shape index (κ1) is 26.3. The summed E-state index contributed by atoms with van der Waals surface area (Å²) in [6.07, 6.45) is 0. The predicted octanol–water partition coefficient (Wildman–Crippen LogP) is -2.81. The van der Waals surface area contributed by atoms with Crippen LogP contribution in [0.2, 0.25) is 0 Å². The normalized spacial score (nSPS) is 13.0. The van der Waals surface area contributed by atoms with Gasteiger partial charge in [0.15, 0.2) is 0 Å². The second kappa shape index (κ2) is 8.09. The Hall–Kier alpha value is -3.00. The molecule has 16 nitrogen and oxygen atoms in total. The summed E-state index contributed by atoms with van der Waals surface area (Å²) in [4.78, 5) is 42.7. The fraction of sp³-hybridized carbons (Fsp3) is 0. The van der Waals surface area contributed by atoms with Crippen LogP contribution in [0.25, 0.3) is 0 Å². The summed E-state index contributed by atoms with van der Waals surface area (Å²) in [6.45, 7) is 0. The van der Waals surface area contributed by atoms with E-state index in [4.69, 9.17) is 0 Å². The number of carbonyl (C=O) groups is 2. The second-order valence-corrected chi connectivity index (χ2v) is 8.89. The monoisotopic (exact) mass is 513 g/mol. The Balaban J connectivity index is 0.00000385. The molecule has 0 fully saturated rings. The number of rotatable bonds is 4. The molecule has 1 aliphatic rings. The van der Waals surface area contributed by atoms with Crippen molar-refractivity contribution >= 4 is 43.2 Å². The van der Waals surface area contributed by atoms with Crippen molar-refractivity contribution < 1.29 is 85.1 Å². The predicted molar refractivity (Wildman–Crippen MR) is 96.0 cm³/mol. The molecule has 0 amide bonds. The van der Waals surface area contributed by atoms with E-state index in [1.165, 1.54) is 0 Å². The number of nitrogens with zero attached hydrogens (tertiary/aromatic N) is 2. The molecule has 1 aliphatic carbocycles. The van der Waals surface area contributed by atoms with Crippen molar-refractivity contribution in [3.05, 3.63) is 54.6 Å². The van der Waals surface area contributed by atoms with Crippen LogP contribution < -0.4 is 29.6 Å². The molecule has 0 saturated carbocycles. The molecule has 0 radical (unpaired) electrons. The third-order valence-electron chi connectivity index (χ3n) is 4.35. The molecule has 2 aromatic carbocycles. The minimum Gasteiger partial charge on any atom is -0.506 e. The van der Waals surface area contributed by atoms with Crippen LogP contribution in [-0.4, -0.2) is 57.6 Å². The molecule has 4 N–H and O–H groups in total. The van der Waals surface area contributed by atoms with Gasteiger partial charge in [-0.1, -0.05) is 0 Å². The number of ketones is 2. The number of nitro groups is 2. The molecule has 0 bridgehead atoms. The fourth-order valence-corrected chi connectivity index (χ4v) is 4.32. The minimum atomic E-state index is -5.42. The molecular formula is C14H6N2NaO14S2+. The first-order valence-corrected chi connectivity index (χ1v) is 10.5. The summed E-state index contributed by atoms with van der Waals surface area (Å²) in [6, 6.07) is 0.0234. The summed E-state index contributed by atoms with van der Waals surface area (Å²) in [7, 11) is -10.8. The van der Waals surface area contributed by atoms with E-state index in [1.807, 2.05) is 0 Å². The van der Waals surface area contributed by atoms with Crippen molar-refractivity contribution in [2.24, 2.45) is 0 Å². The first-order valence-electron chi connectivity index (χ1n) is 7.63. The Kier molecular flexibility index (Phi) is 6.44. The van der Waals surface area contributed by atoms with Crippen LogP contribution in [0.3, 0.4) is 0 Å². The van der Waals surface area contributed by atoms with Gasteiger partial charge in [0.2, 0.25) is 11.6 Å². The Bertz CT molecular complexity index is 1410. The fourth-order valence-electron chi connectivity index (χ4n) is 3.10. The van der Waals surface area contributed by atoms with Gasteiger partial charge in [0.1, 0.15) is 32.4 Å². The van der Waals surface area contributed by atoms with Crippen LogP contribution in [-0.2, 0) is 20.2 Å². The summed E-state index contributed by atoms with van der Waals surface area (Å²) in [5.41, 5.74) is -8.51. The molecule has 0 atom stereocenters. The van der Waals surface area contributed by atoms with Gasteiger partial charge in [0.25, 0.3) is 31.6 Å². The average molecular weight is 513 g/mol. The largest absolute Gasteiger partial charge is 1.00 e. The maximum Gasteiger partial charge on any atom is 1.00 e. The van der Waals surface area contributed by atoms with Crippen molar-refractivity contribution in [3.8, 4) is 11.5 Å². The van der Waals surface area contributed by atoms with E-state index < -0.39 is 96.6 Å². The van der Waals surface area contributed by atoms with E-state index in [0.29, 0.717) is 0 Å². The zero-order chi connectivity index (χ0) is 24.5. The van der Waals surface area contributed by atoms with Crippen molar-refractivity contribution in [1.29, 1.82) is 0 Å². The molecular weight excluding hydrogens is 507 g/mol. The molecule has 0 saturated heterocycles. The van der Waals surface area contributed by atoms with Crippen molar-refractivity contribution in [3.63, 3.8) is 0 Å². The third kappa shape index (κ3) is 3.97. The summed E-state index contributed by atoms with van der Waals surface area (Å²) < 4.78 is 64.2. The molecule has 3 rings (SSSR count). The second-order valence-electron chi connectivity index (χ2n) is 6.11. The Morgan fingerprint density at radius 1 is 0.667 bits per heavy atom. The Morgan fingerprint density at radius 3 is 1.15 bits per heavy atom. The van der Waals surface area contributed by atoms with E-state index in [-0.39, 0.29) is 41.7 Å². The van der Waals surface area contributed by atoms with Crippen LogP contribution in [0.15, 0.2) is 21.9 Å². The van der Waals surface area contributed by atoms with Gasteiger partial charge in [-0.15, -0.1) is 0 Å². The van der Waals surface area contributed by atoms with Crippen LogP contribution >= 0.6 is 0 Å². The van der Waals surface area contributed by atoms with Gasteiger partial charge >= 0.3 is 29.6 Å². The molecule has 19 heteroatoms. The van der Waals surface area contributed by atoms with Gasteiger partial charge in [0.05, 0.1) is 21.0 Å². The number of nitro benzene ring substituents is 2. The van der Waals surface area contributed by atoms with E-state index in [9.17, 15) is 66.0 Å². The number of hydrogen-bond acceptors (Lipinski definition) is 12. The standard InChI is InChI=1S/C14H6N2O14S2.Na/c17-11-5(31(25,26)27)1-3(15(21)22)7-9(11)14(20)8-4(16(23)24)2-6(32(28,29)30)12(18)10(8)13(7)19;/h1-2,17-18H,(H,25,26,27)(H,28,29,30);/q;+1. The van der Waals surface area contributed by atoms with Gasteiger partial charge in [-0.05, 0) is 0 Å². The minimum absolute atomic E-state index is 0. The molecule has 0 heterocycles. The number of fused-ring (bicyclic) bond motifs is 2. The molecule has 0 unspecified atom stereocenters. The number of benzene rings is 2. The summed E-state index contributed by atoms with van der Waals surface area (Å²) in [5.74, 6) is -6.90. The van der Waals surface area contributed by atoms with Gasteiger partial charge < -0.3 is 10.2 Å². The van der Waals surface area contributed by atoms with Gasteiger partial charge in [-0.3, -0.25) is 38.9 Å². The zero-order valence-corrected chi connectivity index (χ0v) is 19.4. The average Bonchev–Trinajstić information content (AvgIpc) is 2.62. The molecule has 0 aromatic heterocycles. The quantitative estimate of drug-likeness (QED) is 0.119. The molecule has 168 valence electrons. The van der Waals surface area contributed by atoms with Crippen molar-refractivity contribution in [2.45, 2.75) is 9.79 Å². The van der Waals surface area contributed by atoms with E-state index in [1.54, 1.807) is 0 Å². The maximum atomic E-state index is 12.9. The van der Waals surface area contributed by atoms with E-state index in [2.05, 4.69) is 0 Å². The molecule has 33 heavy (non-hydrogen) atoms. The van der Waals surface area contributed by atoms with Crippen molar-refractivity contribution in [2.75, 3.05) is 0 Å².